The minimum Gasteiger partial charge on any atom is -0.353 e. The lowest BCUT2D eigenvalue weighted by Crippen LogP contribution is -2.46. The fourth-order valence-electron chi connectivity index (χ4n) is 2.60. The molecule has 0 bridgehead atoms. The van der Waals surface area contributed by atoms with E-state index in [0.29, 0.717) is 0 Å². The first-order valence-corrected chi connectivity index (χ1v) is 8.53. The molecule has 0 N–H and O–H groups in total. The number of fused-ring (bicyclic) bond motifs is 1. The molecule has 0 amide bonds. The Hall–Kier alpha value is -1.64. The molecule has 3 aromatic rings. The number of rotatable bonds is 3. The van der Waals surface area contributed by atoms with Gasteiger partial charge in [-0.3, -0.25) is 4.90 Å². The van der Waals surface area contributed by atoms with Gasteiger partial charge in [-0.2, -0.15) is 0 Å². The van der Waals surface area contributed by atoms with Crippen LogP contribution in [0.3, 0.4) is 0 Å². The number of aromatic nitrogens is 4. The lowest BCUT2D eigenvalue weighted by molar-refractivity contribution is 0.246. The van der Waals surface area contributed by atoms with Crippen LogP contribution in [0.25, 0.3) is 10.2 Å². The van der Waals surface area contributed by atoms with Crippen LogP contribution in [-0.2, 0) is 6.54 Å². The Balaban J connectivity index is 1.46. The molecule has 8 heteroatoms. The molecule has 0 spiro atoms. The van der Waals surface area contributed by atoms with Crippen LogP contribution in [0, 0.1) is 0 Å². The van der Waals surface area contributed by atoms with Crippen molar-refractivity contribution in [1.82, 2.24) is 24.5 Å². The first-order valence-electron chi connectivity index (χ1n) is 6.81. The number of piperazine rings is 1. The monoisotopic (exact) mass is 318 g/mol. The van der Waals surface area contributed by atoms with E-state index in [0.717, 1.165) is 49.8 Å². The molecule has 0 aliphatic carbocycles. The molecule has 21 heavy (non-hydrogen) atoms. The Morgan fingerprint density at radius 2 is 2.05 bits per heavy atom. The first kappa shape index (κ1) is 13.1. The van der Waals surface area contributed by atoms with Crippen molar-refractivity contribution in [2.24, 2.45) is 0 Å². The molecule has 1 fully saturated rings. The van der Waals surface area contributed by atoms with Crippen molar-refractivity contribution < 1.29 is 0 Å². The minimum absolute atomic E-state index is 0.891. The lowest BCUT2D eigenvalue weighted by atomic mass is 10.3. The first-order chi connectivity index (χ1) is 10.4. The van der Waals surface area contributed by atoms with Gasteiger partial charge in [0, 0.05) is 38.1 Å². The normalized spacial score (nSPS) is 16.7. The van der Waals surface area contributed by atoms with Crippen molar-refractivity contribution in [2.75, 3.05) is 31.1 Å². The fraction of sp³-hybridized carbons (Fsp3) is 0.385. The SMILES string of the molecule is c1nc(N2CCN(Cc3csnn3)CC2)c2sccc2n1. The number of anilines is 1. The van der Waals surface area contributed by atoms with Gasteiger partial charge in [0.15, 0.2) is 0 Å². The molecule has 0 atom stereocenters. The predicted octanol–water partition coefficient (Wildman–Crippen LogP) is 1.86. The van der Waals surface area contributed by atoms with E-state index in [1.54, 1.807) is 17.7 Å². The third kappa shape index (κ3) is 2.61. The van der Waals surface area contributed by atoms with Crippen molar-refractivity contribution >= 4 is 38.9 Å². The van der Waals surface area contributed by atoms with Gasteiger partial charge in [0.2, 0.25) is 0 Å². The van der Waals surface area contributed by atoms with Gasteiger partial charge in [-0.1, -0.05) is 4.49 Å². The summed E-state index contributed by atoms with van der Waals surface area (Å²) >= 11 is 3.13. The maximum Gasteiger partial charge on any atom is 0.150 e. The molecular formula is C13H14N6S2. The fourth-order valence-corrected chi connectivity index (χ4v) is 3.91. The standard InChI is InChI=1S/C13H14N6S2/c1-6-20-12-11(1)14-9-15-13(12)19-4-2-18(3-5-19)7-10-8-21-17-16-10/h1,6,8-9H,2-5,7H2. The molecule has 4 rings (SSSR count). The zero-order valence-electron chi connectivity index (χ0n) is 11.3. The van der Waals surface area contributed by atoms with Gasteiger partial charge in [0.1, 0.15) is 12.1 Å². The maximum absolute atomic E-state index is 4.49. The third-order valence-corrected chi connectivity index (χ3v) is 5.14. The summed E-state index contributed by atoms with van der Waals surface area (Å²) in [5, 5.41) is 8.21. The molecule has 0 aromatic carbocycles. The molecule has 0 radical (unpaired) electrons. The van der Waals surface area contributed by atoms with E-state index in [4.69, 9.17) is 0 Å². The Kier molecular flexibility index (Phi) is 3.50. The Bertz CT molecular complexity index is 717. The highest BCUT2D eigenvalue weighted by Crippen LogP contribution is 2.28. The van der Waals surface area contributed by atoms with E-state index in [-0.39, 0.29) is 0 Å². The average Bonchev–Trinajstić information content (AvgIpc) is 3.18. The predicted molar refractivity (Wildman–Crippen MR) is 84.8 cm³/mol. The van der Waals surface area contributed by atoms with Crippen LogP contribution in [0.1, 0.15) is 5.69 Å². The van der Waals surface area contributed by atoms with Crippen molar-refractivity contribution in [3.05, 3.63) is 28.8 Å². The average molecular weight is 318 g/mol. The molecule has 3 aromatic heterocycles. The van der Waals surface area contributed by atoms with E-state index in [1.807, 2.05) is 5.38 Å². The van der Waals surface area contributed by atoms with Gasteiger partial charge >= 0.3 is 0 Å². The molecule has 1 aliphatic heterocycles. The van der Waals surface area contributed by atoms with Gasteiger partial charge in [-0.05, 0) is 23.0 Å². The summed E-state index contributed by atoms with van der Waals surface area (Å²) in [6.07, 6.45) is 1.66. The van der Waals surface area contributed by atoms with Crippen LogP contribution >= 0.6 is 22.9 Å². The molecule has 0 unspecified atom stereocenters. The quantitative estimate of drug-likeness (QED) is 0.735. The van der Waals surface area contributed by atoms with Crippen LogP contribution < -0.4 is 4.90 Å². The Morgan fingerprint density at radius 3 is 2.86 bits per heavy atom. The van der Waals surface area contributed by atoms with Gasteiger partial charge in [0.25, 0.3) is 0 Å². The van der Waals surface area contributed by atoms with E-state index in [1.165, 1.54) is 16.2 Å². The second-order valence-electron chi connectivity index (χ2n) is 4.99. The summed E-state index contributed by atoms with van der Waals surface area (Å²) in [6.45, 7) is 4.91. The molecule has 1 aliphatic rings. The van der Waals surface area contributed by atoms with Gasteiger partial charge in [0.05, 0.1) is 15.9 Å². The largest absolute Gasteiger partial charge is 0.353 e. The summed E-state index contributed by atoms with van der Waals surface area (Å²) in [7, 11) is 0. The van der Waals surface area contributed by atoms with Crippen molar-refractivity contribution in [1.29, 1.82) is 0 Å². The Morgan fingerprint density at radius 1 is 1.14 bits per heavy atom. The Labute approximate surface area is 130 Å². The van der Waals surface area contributed by atoms with Crippen LogP contribution in [0.5, 0.6) is 0 Å². The minimum atomic E-state index is 0.891. The summed E-state index contributed by atoms with van der Waals surface area (Å²) in [5.41, 5.74) is 2.11. The molecule has 1 saturated heterocycles. The highest BCUT2D eigenvalue weighted by atomic mass is 32.1. The smallest absolute Gasteiger partial charge is 0.150 e. The summed E-state index contributed by atoms with van der Waals surface area (Å²) in [5.74, 6) is 1.07. The van der Waals surface area contributed by atoms with Gasteiger partial charge in [-0.15, -0.1) is 16.4 Å². The highest BCUT2D eigenvalue weighted by molar-refractivity contribution is 7.17. The topological polar surface area (TPSA) is 58.0 Å². The van der Waals surface area contributed by atoms with E-state index >= 15 is 0 Å². The summed E-state index contributed by atoms with van der Waals surface area (Å²) in [6, 6.07) is 2.05. The zero-order valence-corrected chi connectivity index (χ0v) is 13.0. The van der Waals surface area contributed by atoms with Crippen LogP contribution in [0.15, 0.2) is 23.2 Å². The van der Waals surface area contributed by atoms with Crippen LogP contribution in [0.2, 0.25) is 0 Å². The van der Waals surface area contributed by atoms with Gasteiger partial charge < -0.3 is 4.90 Å². The molecule has 108 valence electrons. The van der Waals surface area contributed by atoms with E-state index < -0.39 is 0 Å². The molecule has 6 nitrogen and oxygen atoms in total. The van der Waals surface area contributed by atoms with Gasteiger partial charge in [-0.25, -0.2) is 9.97 Å². The number of thiophene rings is 1. The second-order valence-corrected chi connectivity index (χ2v) is 6.52. The van der Waals surface area contributed by atoms with Crippen molar-refractivity contribution in [2.45, 2.75) is 6.54 Å². The third-order valence-electron chi connectivity index (χ3n) is 3.69. The van der Waals surface area contributed by atoms with Crippen LogP contribution in [-0.4, -0.2) is 50.6 Å². The zero-order chi connectivity index (χ0) is 14.1. The molecular weight excluding hydrogens is 304 g/mol. The molecule has 0 saturated carbocycles. The number of nitrogens with zero attached hydrogens (tertiary/aromatic N) is 6. The summed E-state index contributed by atoms with van der Waals surface area (Å²) < 4.78 is 5.11. The van der Waals surface area contributed by atoms with Crippen LogP contribution in [0.4, 0.5) is 5.82 Å². The van der Waals surface area contributed by atoms with Crippen molar-refractivity contribution in [3.8, 4) is 0 Å². The second kappa shape index (κ2) is 5.63. The lowest BCUT2D eigenvalue weighted by Gasteiger charge is -2.35. The summed E-state index contributed by atoms with van der Waals surface area (Å²) in [4.78, 5) is 13.6. The highest BCUT2D eigenvalue weighted by Gasteiger charge is 2.20. The maximum atomic E-state index is 4.49. The van der Waals surface area contributed by atoms with E-state index in [9.17, 15) is 0 Å². The number of hydrogen-bond acceptors (Lipinski definition) is 8. The molecule has 4 heterocycles. The van der Waals surface area contributed by atoms with E-state index in [2.05, 4.69) is 40.8 Å². The number of hydrogen-bond donors (Lipinski definition) is 0. The van der Waals surface area contributed by atoms with Crippen molar-refractivity contribution in [3.63, 3.8) is 0 Å².